The van der Waals surface area contributed by atoms with Gasteiger partial charge in [-0.3, -0.25) is 0 Å². The van der Waals surface area contributed by atoms with Crippen LogP contribution in [0, 0.1) is 0 Å². The smallest absolute Gasteiger partial charge is 0.133 e. The van der Waals surface area contributed by atoms with Crippen molar-refractivity contribution in [3.8, 4) is 5.75 Å². The number of rotatable bonds is 5. The summed E-state index contributed by atoms with van der Waals surface area (Å²) in [5.41, 5.74) is 6.93. The van der Waals surface area contributed by atoms with Gasteiger partial charge in [0.1, 0.15) is 5.75 Å². The fraction of sp³-hybridized carbons (Fsp3) is 0.538. The van der Waals surface area contributed by atoms with Crippen molar-refractivity contribution in [2.75, 3.05) is 0 Å². The minimum Gasteiger partial charge on any atom is -0.490 e. The molecular formula is C13H20BrNO. The van der Waals surface area contributed by atoms with E-state index in [-0.39, 0.29) is 12.1 Å². The Morgan fingerprint density at radius 1 is 1.38 bits per heavy atom. The van der Waals surface area contributed by atoms with E-state index in [9.17, 15) is 0 Å². The monoisotopic (exact) mass is 285 g/mol. The van der Waals surface area contributed by atoms with E-state index >= 15 is 0 Å². The van der Waals surface area contributed by atoms with Gasteiger partial charge in [0.05, 0.1) is 10.6 Å². The van der Waals surface area contributed by atoms with Gasteiger partial charge in [-0.2, -0.15) is 0 Å². The number of halogens is 1. The first kappa shape index (κ1) is 13.5. The standard InChI is InChI=1S/C13H20BrNO/c1-4-5-9(2)16-13-7-6-11(10(3)15)8-12(13)14/h6-10H,4-5,15H2,1-3H3/t9?,10-/m0/s1. The van der Waals surface area contributed by atoms with E-state index in [0.29, 0.717) is 0 Å². The lowest BCUT2D eigenvalue weighted by molar-refractivity contribution is 0.208. The van der Waals surface area contributed by atoms with Crippen LogP contribution in [0.5, 0.6) is 5.75 Å². The molecule has 1 rings (SSSR count). The molecule has 1 aromatic rings. The lowest BCUT2D eigenvalue weighted by atomic mass is 10.1. The molecule has 0 saturated carbocycles. The van der Waals surface area contributed by atoms with Gasteiger partial charge in [0.15, 0.2) is 0 Å². The van der Waals surface area contributed by atoms with Crippen molar-refractivity contribution < 1.29 is 4.74 Å². The molecule has 16 heavy (non-hydrogen) atoms. The molecule has 0 aliphatic rings. The van der Waals surface area contributed by atoms with Crippen LogP contribution in [0.1, 0.15) is 45.2 Å². The molecule has 3 heteroatoms. The second kappa shape index (κ2) is 6.26. The van der Waals surface area contributed by atoms with E-state index in [4.69, 9.17) is 10.5 Å². The molecule has 0 amide bonds. The first-order valence-electron chi connectivity index (χ1n) is 5.76. The Labute approximate surface area is 106 Å². The Kier molecular flexibility index (Phi) is 5.29. The molecule has 0 aromatic heterocycles. The highest BCUT2D eigenvalue weighted by molar-refractivity contribution is 9.10. The van der Waals surface area contributed by atoms with Gasteiger partial charge < -0.3 is 10.5 Å². The second-order valence-corrected chi connectivity index (χ2v) is 5.05. The fourth-order valence-corrected chi connectivity index (χ4v) is 2.07. The largest absolute Gasteiger partial charge is 0.490 e. The van der Waals surface area contributed by atoms with E-state index in [1.807, 2.05) is 25.1 Å². The minimum absolute atomic E-state index is 0.0541. The molecular weight excluding hydrogens is 266 g/mol. The maximum absolute atomic E-state index is 5.83. The first-order valence-corrected chi connectivity index (χ1v) is 6.55. The van der Waals surface area contributed by atoms with Crippen molar-refractivity contribution in [3.63, 3.8) is 0 Å². The van der Waals surface area contributed by atoms with Crippen LogP contribution in [-0.4, -0.2) is 6.10 Å². The summed E-state index contributed by atoms with van der Waals surface area (Å²) in [6.45, 7) is 6.23. The third-order valence-electron chi connectivity index (χ3n) is 2.51. The number of ether oxygens (including phenoxy) is 1. The molecule has 0 bridgehead atoms. The van der Waals surface area contributed by atoms with Gasteiger partial charge in [0.2, 0.25) is 0 Å². The van der Waals surface area contributed by atoms with E-state index in [1.165, 1.54) is 0 Å². The predicted octanol–water partition coefficient (Wildman–Crippen LogP) is 4.04. The maximum atomic E-state index is 5.83. The minimum atomic E-state index is 0.0541. The van der Waals surface area contributed by atoms with Gasteiger partial charge in [-0.05, 0) is 53.9 Å². The highest BCUT2D eigenvalue weighted by Gasteiger charge is 2.08. The average molecular weight is 286 g/mol. The van der Waals surface area contributed by atoms with E-state index in [1.54, 1.807) is 0 Å². The van der Waals surface area contributed by atoms with Gasteiger partial charge in [0.25, 0.3) is 0 Å². The van der Waals surface area contributed by atoms with Crippen LogP contribution in [0.2, 0.25) is 0 Å². The summed E-state index contributed by atoms with van der Waals surface area (Å²) in [6, 6.07) is 6.08. The Balaban J connectivity index is 2.75. The van der Waals surface area contributed by atoms with Gasteiger partial charge >= 0.3 is 0 Å². The van der Waals surface area contributed by atoms with Crippen LogP contribution in [0.25, 0.3) is 0 Å². The average Bonchev–Trinajstić information content (AvgIpc) is 2.21. The van der Waals surface area contributed by atoms with Gasteiger partial charge in [0, 0.05) is 6.04 Å². The van der Waals surface area contributed by atoms with Crippen LogP contribution in [0.15, 0.2) is 22.7 Å². The summed E-state index contributed by atoms with van der Waals surface area (Å²) in [5, 5.41) is 0. The molecule has 0 saturated heterocycles. The lowest BCUT2D eigenvalue weighted by Crippen LogP contribution is -2.11. The van der Waals surface area contributed by atoms with Crippen molar-refractivity contribution in [1.29, 1.82) is 0 Å². The third kappa shape index (κ3) is 3.80. The zero-order valence-electron chi connectivity index (χ0n) is 10.2. The molecule has 1 aromatic carbocycles. The SMILES string of the molecule is CCCC(C)Oc1ccc([C@H](C)N)cc1Br. The molecule has 0 fully saturated rings. The molecule has 2 nitrogen and oxygen atoms in total. The van der Waals surface area contributed by atoms with Crippen molar-refractivity contribution in [2.45, 2.75) is 45.8 Å². The van der Waals surface area contributed by atoms with Crippen LogP contribution >= 0.6 is 15.9 Å². The zero-order chi connectivity index (χ0) is 12.1. The highest BCUT2D eigenvalue weighted by Crippen LogP contribution is 2.29. The normalized spacial score (nSPS) is 14.6. The van der Waals surface area contributed by atoms with Crippen LogP contribution in [0.4, 0.5) is 0 Å². The number of benzene rings is 1. The molecule has 0 aliphatic heterocycles. The van der Waals surface area contributed by atoms with E-state index < -0.39 is 0 Å². The van der Waals surface area contributed by atoms with Crippen molar-refractivity contribution in [2.24, 2.45) is 5.73 Å². The molecule has 0 radical (unpaired) electrons. The first-order chi connectivity index (χ1) is 7.54. The van der Waals surface area contributed by atoms with E-state index in [0.717, 1.165) is 28.6 Å². The number of hydrogen-bond donors (Lipinski definition) is 1. The number of nitrogens with two attached hydrogens (primary N) is 1. The Hall–Kier alpha value is -0.540. The summed E-state index contributed by atoms with van der Waals surface area (Å²) in [5.74, 6) is 0.894. The zero-order valence-corrected chi connectivity index (χ0v) is 11.8. The van der Waals surface area contributed by atoms with Crippen molar-refractivity contribution in [1.82, 2.24) is 0 Å². The summed E-state index contributed by atoms with van der Waals surface area (Å²) < 4.78 is 6.81. The van der Waals surface area contributed by atoms with E-state index in [2.05, 4.69) is 29.8 Å². The predicted molar refractivity (Wildman–Crippen MR) is 71.7 cm³/mol. The van der Waals surface area contributed by atoms with Crippen molar-refractivity contribution >= 4 is 15.9 Å². The van der Waals surface area contributed by atoms with Gasteiger partial charge in [-0.25, -0.2) is 0 Å². The highest BCUT2D eigenvalue weighted by atomic mass is 79.9. The number of hydrogen-bond acceptors (Lipinski definition) is 2. The summed E-state index contributed by atoms with van der Waals surface area (Å²) in [7, 11) is 0. The Bertz CT molecular complexity index is 339. The molecule has 0 heterocycles. The molecule has 1 unspecified atom stereocenters. The lowest BCUT2D eigenvalue weighted by Gasteiger charge is -2.16. The molecule has 0 aliphatic carbocycles. The summed E-state index contributed by atoms with van der Waals surface area (Å²) in [6.07, 6.45) is 2.46. The van der Waals surface area contributed by atoms with Gasteiger partial charge in [-0.15, -0.1) is 0 Å². The van der Waals surface area contributed by atoms with Crippen LogP contribution in [0.3, 0.4) is 0 Å². The molecule has 90 valence electrons. The van der Waals surface area contributed by atoms with Crippen LogP contribution in [-0.2, 0) is 0 Å². The second-order valence-electron chi connectivity index (χ2n) is 4.20. The topological polar surface area (TPSA) is 35.2 Å². The molecule has 0 spiro atoms. The fourth-order valence-electron chi connectivity index (χ4n) is 1.58. The summed E-state index contributed by atoms with van der Waals surface area (Å²) >= 11 is 3.51. The third-order valence-corrected chi connectivity index (χ3v) is 3.12. The Morgan fingerprint density at radius 3 is 2.56 bits per heavy atom. The van der Waals surface area contributed by atoms with Crippen LogP contribution < -0.4 is 10.5 Å². The van der Waals surface area contributed by atoms with Crippen molar-refractivity contribution in [3.05, 3.63) is 28.2 Å². The summed E-state index contributed by atoms with van der Waals surface area (Å²) in [4.78, 5) is 0. The quantitative estimate of drug-likeness (QED) is 0.886. The maximum Gasteiger partial charge on any atom is 0.133 e. The molecule has 2 N–H and O–H groups in total. The molecule has 2 atom stereocenters. The van der Waals surface area contributed by atoms with Gasteiger partial charge in [-0.1, -0.05) is 19.4 Å². The Morgan fingerprint density at radius 2 is 2.06 bits per heavy atom.